The Labute approximate surface area is 151 Å². The lowest BCUT2D eigenvalue weighted by molar-refractivity contribution is -0.147. The maximum Gasteiger partial charge on any atom is 0.311 e. The van der Waals surface area contributed by atoms with E-state index in [1.807, 2.05) is 19.9 Å². The minimum atomic E-state index is -0.892. The number of carboxylic acids is 1. The number of carbonyl (C=O) groups excluding carboxylic acids is 1. The van der Waals surface area contributed by atoms with E-state index < -0.39 is 11.4 Å². The molecule has 7 nitrogen and oxygen atoms in total. The van der Waals surface area contributed by atoms with Gasteiger partial charge in [-0.1, -0.05) is 19.0 Å². The molecule has 1 unspecified atom stereocenters. The predicted octanol–water partition coefficient (Wildman–Crippen LogP) is 3.16. The van der Waals surface area contributed by atoms with Gasteiger partial charge in [-0.2, -0.15) is 0 Å². The first-order valence-electron chi connectivity index (χ1n) is 9.13. The number of fused-ring (bicyclic) bond motifs is 1. The van der Waals surface area contributed by atoms with E-state index in [2.05, 4.69) is 10.1 Å². The topological polar surface area (TPSA) is 96.5 Å². The molecule has 1 aliphatic heterocycles. The molecule has 138 valence electrons. The monoisotopic (exact) mass is 357 g/mol. The van der Waals surface area contributed by atoms with E-state index in [9.17, 15) is 14.7 Å². The molecule has 4 rings (SSSR count). The van der Waals surface area contributed by atoms with Gasteiger partial charge < -0.3 is 14.5 Å². The summed E-state index contributed by atoms with van der Waals surface area (Å²) >= 11 is 0. The molecule has 0 spiro atoms. The van der Waals surface area contributed by atoms with E-state index in [-0.39, 0.29) is 18.4 Å². The summed E-state index contributed by atoms with van der Waals surface area (Å²) in [4.78, 5) is 31.0. The first kappa shape index (κ1) is 17.0. The number of hydrogen-bond acceptors (Lipinski definition) is 5. The number of aromatic nitrogens is 2. The number of carbonyl (C=O) groups is 2. The zero-order valence-corrected chi connectivity index (χ0v) is 15.3. The first-order valence-corrected chi connectivity index (χ1v) is 9.13. The molecule has 3 heterocycles. The summed E-state index contributed by atoms with van der Waals surface area (Å²) in [7, 11) is 0. The Balaban J connectivity index is 1.78. The zero-order valence-electron chi connectivity index (χ0n) is 15.3. The van der Waals surface area contributed by atoms with Crippen LogP contribution in [0.3, 0.4) is 0 Å². The van der Waals surface area contributed by atoms with Crippen LogP contribution in [0.1, 0.15) is 73.6 Å². The van der Waals surface area contributed by atoms with Crippen LogP contribution in [-0.4, -0.2) is 45.1 Å². The molecule has 2 aromatic rings. The van der Waals surface area contributed by atoms with Crippen molar-refractivity contribution in [3.05, 3.63) is 23.0 Å². The largest absolute Gasteiger partial charge is 0.481 e. The average Bonchev–Trinajstić information content (AvgIpc) is 3.23. The van der Waals surface area contributed by atoms with Crippen LogP contribution in [0.4, 0.5) is 0 Å². The highest BCUT2D eigenvalue weighted by Gasteiger charge is 2.43. The van der Waals surface area contributed by atoms with Crippen LogP contribution in [0.15, 0.2) is 10.6 Å². The van der Waals surface area contributed by atoms with Gasteiger partial charge in [0, 0.05) is 24.7 Å². The smallest absolute Gasteiger partial charge is 0.311 e. The fraction of sp³-hybridized carbons (Fsp3) is 0.579. The van der Waals surface area contributed by atoms with Crippen LogP contribution < -0.4 is 0 Å². The van der Waals surface area contributed by atoms with E-state index in [1.165, 1.54) is 0 Å². The molecule has 1 N–H and O–H groups in total. The summed E-state index contributed by atoms with van der Waals surface area (Å²) in [5.41, 5.74) is 1.64. The summed E-state index contributed by atoms with van der Waals surface area (Å²) < 4.78 is 5.44. The molecule has 1 atom stereocenters. The van der Waals surface area contributed by atoms with Crippen LogP contribution in [0, 0.1) is 5.41 Å². The molecule has 1 aliphatic carbocycles. The molecule has 2 aromatic heterocycles. The van der Waals surface area contributed by atoms with E-state index in [4.69, 9.17) is 4.52 Å². The fourth-order valence-electron chi connectivity index (χ4n) is 3.62. The SMILES string of the molecule is CC(C)c1noc2nc(C3CC3)cc(C(=O)N3CCC(C)(C(=O)O)C3)c12. The van der Waals surface area contributed by atoms with Gasteiger partial charge in [-0.3, -0.25) is 9.59 Å². The van der Waals surface area contributed by atoms with Crippen molar-refractivity contribution in [1.29, 1.82) is 0 Å². The number of rotatable bonds is 4. The third-order valence-electron chi connectivity index (χ3n) is 5.54. The molecule has 0 bridgehead atoms. The second-order valence-electron chi connectivity index (χ2n) is 8.11. The van der Waals surface area contributed by atoms with Crippen molar-refractivity contribution in [3.63, 3.8) is 0 Å². The number of pyridine rings is 1. The quantitative estimate of drug-likeness (QED) is 0.903. The number of amides is 1. The third kappa shape index (κ3) is 2.66. The lowest BCUT2D eigenvalue weighted by Gasteiger charge is -2.21. The van der Waals surface area contributed by atoms with Gasteiger partial charge in [0.25, 0.3) is 11.6 Å². The van der Waals surface area contributed by atoms with Crippen molar-refractivity contribution in [1.82, 2.24) is 15.0 Å². The summed E-state index contributed by atoms with van der Waals surface area (Å²) in [6, 6.07) is 1.86. The van der Waals surface area contributed by atoms with Crippen molar-refractivity contribution in [2.75, 3.05) is 13.1 Å². The molecular formula is C19H23N3O4. The Morgan fingerprint density at radius 1 is 1.38 bits per heavy atom. The Bertz CT molecular complexity index is 900. The highest BCUT2D eigenvalue weighted by molar-refractivity contribution is 6.06. The molecular weight excluding hydrogens is 334 g/mol. The van der Waals surface area contributed by atoms with Gasteiger partial charge in [0.05, 0.1) is 22.1 Å². The Morgan fingerprint density at radius 3 is 2.69 bits per heavy atom. The summed E-state index contributed by atoms with van der Waals surface area (Å²) in [5.74, 6) is -0.547. The Kier molecular flexibility index (Phi) is 3.78. The standard InChI is InChI=1S/C19H23N3O4/c1-10(2)15-14-12(8-13(11-4-5-11)20-16(14)26-21-15)17(23)22-7-6-19(3,9-22)18(24)25/h8,10-11H,4-7,9H2,1-3H3,(H,24,25). The predicted molar refractivity (Wildman–Crippen MR) is 94.1 cm³/mol. The van der Waals surface area contributed by atoms with Crippen molar-refractivity contribution >= 4 is 23.0 Å². The van der Waals surface area contributed by atoms with E-state index in [1.54, 1.807) is 11.8 Å². The van der Waals surface area contributed by atoms with Crippen LogP contribution >= 0.6 is 0 Å². The number of nitrogens with zero attached hydrogens (tertiary/aromatic N) is 3. The molecule has 1 saturated heterocycles. The van der Waals surface area contributed by atoms with E-state index in [0.717, 1.165) is 24.2 Å². The summed E-state index contributed by atoms with van der Waals surface area (Å²) in [5, 5.41) is 14.3. The lowest BCUT2D eigenvalue weighted by atomic mass is 9.90. The van der Waals surface area contributed by atoms with Crippen molar-refractivity contribution in [2.24, 2.45) is 5.41 Å². The fourth-order valence-corrected chi connectivity index (χ4v) is 3.62. The highest BCUT2D eigenvalue weighted by Crippen LogP contribution is 2.41. The van der Waals surface area contributed by atoms with Crippen molar-refractivity contribution in [3.8, 4) is 0 Å². The van der Waals surface area contributed by atoms with Crippen molar-refractivity contribution < 1.29 is 19.2 Å². The van der Waals surface area contributed by atoms with E-state index in [0.29, 0.717) is 35.5 Å². The second-order valence-corrected chi connectivity index (χ2v) is 8.11. The van der Waals surface area contributed by atoms with Crippen LogP contribution in [-0.2, 0) is 4.79 Å². The van der Waals surface area contributed by atoms with Crippen LogP contribution in [0.25, 0.3) is 11.1 Å². The maximum absolute atomic E-state index is 13.3. The molecule has 26 heavy (non-hydrogen) atoms. The molecule has 2 aliphatic rings. The minimum Gasteiger partial charge on any atom is -0.481 e. The lowest BCUT2D eigenvalue weighted by Crippen LogP contribution is -2.35. The summed E-state index contributed by atoms with van der Waals surface area (Å²) in [6.07, 6.45) is 2.59. The van der Waals surface area contributed by atoms with Crippen LogP contribution in [0.5, 0.6) is 0 Å². The van der Waals surface area contributed by atoms with Gasteiger partial charge in [-0.15, -0.1) is 0 Å². The molecule has 1 amide bonds. The van der Waals surface area contributed by atoms with Gasteiger partial charge in [0.1, 0.15) is 0 Å². The maximum atomic E-state index is 13.3. The molecule has 7 heteroatoms. The molecule has 2 fully saturated rings. The van der Waals surface area contributed by atoms with Gasteiger partial charge in [-0.05, 0) is 38.2 Å². The second kappa shape index (κ2) is 5.79. The molecule has 0 aromatic carbocycles. The van der Waals surface area contributed by atoms with Gasteiger partial charge in [0.15, 0.2) is 0 Å². The number of likely N-dealkylation sites (tertiary alicyclic amines) is 1. The zero-order chi connectivity index (χ0) is 18.6. The van der Waals surface area contributed by atoms with Gasteiger partial charge in [0.2, 0.25) is 0 Å². The van der Waals surface area contributed by atoms with E-state index >= 15 is 0 Å². The van der Waals surface area contributed by atoms with Crippen LogP contribution in [0.2, 0.25) is 0 Å². The van der Waals surface area contributed by atoms with Crippen molar-refractivity contribution in [2.45, 2.75) is 51.9 Å². The van der Waals surface area contributed by atoms with Gasteiger partial charge >= 0.3 is 5.97 Å². The van der Waals surface area contributed by atoms with Gasteiger partial charge in [-0.25, -0.2) is 4.98 Å². The first-order chi connectivity index (χ1) is 12.3. The Morgan fingerprint density at radius 2 is 2.12 bits per heavy atom. The average molecular weight is 357 g/mol. The number of hydrogen-bond donors (Lipinski definition) is 1. The normalized spacial score (nSPS) is 23.2. The Hall–Kier alpha value is -2.44. The number of carboxylic acid groups (broad SMARTS) is 1. The summed E-state index contributed by atoms with van der Waals surface area (Å²) in [6.45, 7) is 6.34. The molecule has 0 radical (unpaired) electrons. The third-order valence-corrected chi connectivity index (χ3v) is 5.54. The molecule has 1 saturated carbocycles. The number of aliphatic carboxylic acids is 1. The minimum absolute atomic E-state index is 0.0965. The highest BCUT2D eigenvalue weighted by atomic mass is 16.5.